The lowest BCUT2D eigenvalue weighted by Crippen LogP contribution is -1.98. The van der Waals surface area contributed by atoms with E-state index in [0.29, 0.717) is 0 Å². The number of rotatable bonds is 13. The quantitative estimate of drug-likeness (QED) is 0.259. The maximum atomic E-state index is 11.4. The van der Waals surface area contributed by atoms with Crippen LogP contribution in [-0.4, -0.2) is 6.29 Å². The first-order valence-corrected chi connectivity index (χ1v) is 10.3. The smallest absolute Gasteiger partial charge is 0.150 e. The Morgan fingerprint density at radius 1 is 0.783 bits per heavy atom. The van der Waals surface area contributed by atoms with E-state index in [9.17, 15) is 4.79 Å². The fourth-order valence-electron chi connectivity index (χ4n) is 3.03. The van der Waals surface area contributed by atoms with Crippen LogP contribution in [0.5, 0.6) is 0 Å². The highest BCUT2D eigenvalue weighted by molar-refractivity contribution is 9.10. The summed E-state index contributed by atoms with van der Waals surface area (Å²) in [4.78, 5) is 11.4. The number of aldehydes is 1. The first-order valence-electron chi connectivity index (χ1n) is 9.49. The van der Waals surface area contributed by atoms with Gasteiger partial charge in [-0.25, -0.2) is 0 Å². The minimum Gasteiger partial charge on any atom is -0.298 e. The SMILES string of the molecule is CCCCCCCc1cc(C=O)c(CCCCCCC)cc1Br. The van der Waals surface area contributed by atoms with Gasteiger partial charge >= 0.3 is 0 Å². The number of unbranched alkanes of at least 4 members (excludes halogenated alkanes) is 8. The standard InChI is InChI=1S/C21H33BrO/c1-3-5-7-9-11-13-18-16-21(22)19(15-20(18)17-23)14-12-10-8-6-4-2/h15-17H,3-14H2,1-2H3. The Morgan fingerprint density at radius 2 is 1.30 bits per heavy atom. The fraction of sp³-hybridized carbons (Fsp3) is 0.667. The predicted octanol–water partition coefficient (Wildman–Crippen LogP) is 7.29. The van der Waals surface area contributed by atoms with Crippen LogP contribution < -0.4 is 0 Å². The predicted molar refractivity (Wildman–Crippen MR) is 104 cm³/mol. The van der Waals surface area contributed by atoms with E-state index in [1.165, 1.54) is 79.8 Å². The minimum absolute atomic E-state index is 0.896. The molecule has 23 heavy (non-hydrogen) atoms. The molecule has 0 unspecified atom stereocenters. The Labute approximate surface area is 151 Å². The van der Waals surface area contributed by atoms with Crippen molar-refractivity contribution in [2.24, 2.45) is 0 Å². The van der Waals surface area contributed by atoms with Gasteiger partial charge in [-0.2, -0.15) is 0 Å². The van der Waals surface area contributed by atoms with Crippen molar-refractivity contribution in [3.8, 4) is 0 Å². The maximum absolute atomic E-state index is 11.4. The summed E-state index contributed by atoms with van der Waals surface area (Å²) in [6, 6.07) is 4.29. The van der Waals surface area contributed by atoms with Crippen LogP contribution in [0.3, 0.4) is 0 Å². The average molecular weight is 381 g/mol. The van der Waals surface area contributed by atoms with E-state index in [0.717, 1.165) is 24.7 Å². The second-order valence-corrected chi connectivity index (χ2v) is 7.44. The molecule has 1 aromatic rings. The third-order valence-electron chi connectivity index (χ3n) is 4.53. The highest BCUT2D eigenvalue weighted by Crippen LogP contribution is 2.25. The molecule has 0 amide bonds. The van der Waals surface area contributed by atoms with E-state index < -0.39 is 0 Å². The van der Waals surface area contributed by atoms with Gasteiger partial charge in [-0.15, -0.1) is 0 Å². The summed E-state index contributed by atoms with van der Waals surface area (Å²) in [5, 5.41) is 0. The molecule has 0 radical (unpaired) electrons. The van der Waals surface area contributed by atoms with Crippen molar-refractivity contribution < 1.29 is 4.79 Å². The molecular weight excluding hydrogens is 348 g/mol. The number of hydrogen-bond donors (Lipinski definition) is 0. The van der Waals surface area contributed by atoms with Gasteiger partial charge in [0.15, 0.2) is 0 Å². The van der Waals surface area contributed by atoms with Crippen LogP contribution in [0, 0.1) is 0 Å². The van der Waals surface area contributed by atoms with Crippen molar-refractivity contribution in [1.29, 1.82) is 0 Å². The van der Waals surface area contributed by atoms with Crippen LogP contribution in [0.25, 0.3) is 0 Å². The first-order chi connectivity index (χ1) is 11.2. The van der Waals surface area contributed by atoms with Gasteiger partial charge in [0.1, 0.15) is 6.29 Å². The monoisotopic (exact) mass is 380 g/mol. The van der Waals surface area contributed by atoms with Crippen molar-refractivity contribution in [2.75, 3.05) is 0 Å². The number of benzene rings is 1. The van der Waals surface area contributed by atoms with Crippen LogP contribution in [0.1, 0.15) is 99.5 Å². The van der Waals surface area contributed by atoms with Gasteiger partial charge in [0, 0.05) is 10.0 Å². The minimum atomic E-state index is 0.896. The molecule has 0 N–H and O–H groups in total. The summed E-state index contributed by atoms with van der Waals surface area (Å²) in [6.07, 6.45) is 15.9. The van der Waals surface area contributed by atoms with E-state index in [-0.39, 0.29) is 0 Å². The van der Waals surface area contributed by atoms with Crippen molar-refractivity contribution in [3.05, 3.63) is 33.3 Å². The topological polar surface area (TPSA) is 17.1 Å². The largest absolute Gasteiger partial charge is 0.298 e. The lowest BCUT2D eigenvalue weighted by atomic mass is 9.97. The van der Waals surface area contributed by atoms with Crippen LogP contribution in [-0.2, 0) is 12.8 Å². The van der Waals surface area contributed by atoms with E-state index in [1.807, 2.05) is 0 Å². The molecule has 1 aromatic carbocycles. The molecule has 0 saturated carbocycles. The van der Waals surface area contributed by atoms with Gasteiger partial charge in [-0.1, -0.05) is 81.1 Å². The molecular formula is C21H33BrO. The molecule has 0 spiro atoms. The molecule has 0 atom stereocenters. The normalized spacial score (nSPS) is 10.9. The summed E-state index contributed by atoms with van der Waals surface area (Å²) >= 11 is 3.71. The maximum Gasteiger partial charge on any atom is 0.150 e. The highest BCUT2D eigenvalue weighted by atomic mass is 79.9. The highest BCUT2D eigenvalue weighted by Gasteiger charge is 2.08. The summed E-state index contributed by atoms with van der Waals surface area (Å²) < 4.78 is 1.18. The van der Waals surface area contributed by atoms with E-state index in [2.05, 4.69) is 41.9 Å². The van der Waals surface area contributed by atoms with Crippen LogP contribution >= 0.6 is 15.9 Å². The van der Waals surface area contributed by atoms with E-state index >= 15 is 0 Å². The molecule has 130 valence electrons. The molecule has 0 aliphatic carbocycles. The summed E-state index contributed by atoms with van der Waals surface area (Å²) in [7, 11) is 0. The molecule has 0 aromatic heterocycles. The van der Waals surface area contributed by atoms with Crippen molar-refractivity contribution >= 4 is 22.2 Å². The third-order valence-corrected chi connectivity index (χ3v) is 5.27. The number of hydrogen-bond acceptors (Lipinski definition) is 1. The van der Waals surface area contributed by atoms with Gasteiger partial charge in [0.25, 0.3) is 0 Å². The molecule has 0 fully saturated rings. The van der Waals surface area contributed by atoms with Crippen molar-refractivity contribution in [2.45, 2.75) is 90.9 Å². The second kappa shape index (κ2) is 12.8. The Bertz CT molecular complexity index is 453. The van der Waals surface area contributed by atoms with E-state index in [1.54, 1.807) is 0 Å². The number of aryl methyl sites for hydroxylation is 2. The van der Waals surface area contributed by atoms with Crippen LogP contribution in [0.15, 0.2) is 16.6 Å². The first kappa shape index (κ1) is 20.4. The summed E-state index contributed by atoms with van der Waals surface area (Å²) in [5.41, 5.74) is 3.39. The Balaban J connectivity index is 2.54. The number of carbonyl (C=O) groups is 1. The Kier molecular flexibility index (Phi) is 11.3. The second-order valence-electron chi connectivity index (χ2n) is 6.59. The summed E-state index contributed by atoms with van der Waals surface area (Å²) in [6.45, 7) is 4.48. The van der Waals surface area contributed by atoms with Crippen molar-refractivity contribution in [1.82, 2.24) is 0 Å². The zero-order valence-corrected chi connectivity index (χ0v) is 16.6. The third kappa shape index (κ3) is 8.15. The lowest BCUT2D eigenvalue weighted by molar-refractivity contribution is 0.112. The van der Waals surface area contributed by atoms with Crippen LogP contribution in [0.4, 0.5) is 0 Å². The van der Waals surface area contributed by atoms with Gasteiger partial charge < -0.3 is 0 Å². The van der Waals surface area contributed by atoms with Gasteiger partial charge in [0.05, 0.1) is 0 Å². The molecule has 0 aliphatic heterocycles. The molecule has 0 aliphatic rings. The Morgan fingerprint density at radius 3 is 1.83 bits per heavy atom. The van der Waals surface area contributed by atoms with Gasteiger partial charge in [0.2, 0.25) is 0 Å². The van der Waals surface area contributed by atoms with Gasteiger partial charge in [-0.3, -0.25) is 4.79 Å². The zero-order valence-electron chi connectivity index (χ0n) is 15.0. The Hall–Kier alpha value is -0.630. The van der Waals surface area contributed by atoms with Gasteiger partial charge in [-0.05, 0) is 48.9 Å². The van der Waals surface area contributed by atoms with Crippen molar-refractivity contribution in [3.63, 3.8) is 0 Å². The molecule has 0 saturated heterocycles. The lowest BCUT2D eigenvalue weighted by Gasteiger charge is -2.11. The molecule has 2 heteroatoms. The molecule has 0 bridgehead atoms. The number of halogens is 1. The molecule has 1 rings (SSSR count). The van der Waals surface area contributed by atoms with E-state index in [4.69, 9.17) is 0 Å². The zero-order chi connectivity index (χ0) is 16.9. The molecule has 1 nitrogen and oxygen atoms in total. The number of carbonyl (C=O) groups excluding carboxylic acids is 1. The average Bonchev–Trinajstić information content (AvgIpc) is 2.56. The molecule has 0 heterocycles. The summed E-state index contributed by atoms with van der Waals surface area (Å²) in [5.74, 6) is 0. The fourth-order valence-corrected chi connectivity index (χ4v) is 3.62. The van der Waals surface area contributed by atoms with Crippen LogP contribution in [0.2, 0.25) is 0 Å².